The Hall–Kier alpha value is -0.610. The van der Waals surface area contributed by atoms with Crippen LogP contribution in [0.1, 0.15) is 32.6 Å². The lowest BCUT2D eigenvalue weighted by molar-refractivity contribution is -0.143. The first-order chi connectivity index (χ1) is 6.64. The van der Waals surface area contributed by atoms with Crippen LogP contribution < -0.4 is 11.2 Å². The summed E-state index contributed by atoms with van der Waals surface area (Å²) in [6.07, 6.45) is 3.91. The van der Waals surface area contributed by atoms with Gasteiger partial charge in [0.2, 0.25) is 0 Å². The third-order valence-corrected chi connectivity index (χ3v) is 3.30. The molecule has 1 rings (SSSR count). The molecule has 0 atom stereocenters. The molecule has 0 aromatic heterocycles. The number of hydroxylamine groups is 1. The van der Waals surface area contributed by atoms with E-state index < -0.39 is 0 Å². The molecular formula is C10H20N2O2. The molecule has 1 fully saturated rings. The van der Waals surface area contributed by atoms with Crippen molar-refractivity contribution in [1.82, 2.24) is 5.48 Å². The first-order valence-electron chi connectivity index (χ1n) is 5.18. The number of nitrogens with one attached hydrogen (secondary N) is 1. The van der Waals surface area contributed by atoms with Crippen molar-refractivity contribution in [2.75, 3.05) is 13.7 Å². The number of hydrogen-bond acceptors (Lipinski definition) is 3. The van der Waals surface area contributed by atoms with E-state index in [1.54, 1.807) is 0 Å². The standard InChI is InChI=1S/C10H20N2O2/c1-8-3-5-10(7-11,6-4-8)9(13)12-14-2/h8H,3-7,11H2,1-2H3,(H,12,13). The SMILES string of the molecule is CONC(=O)C1(CN)CCC(C)CC1. The number of carbonyl (C=O) groups excluding carboxylic acids is 1. The summed E-state index contributed by atoms with van der Waals surface area (Å²) in [5.41, 5.74) is 7.71. The van der Waals surface area contributed by atoms with Crippen LogP contribution in [0.3, 0.4) is 0 Å². The van der Waals surface area contributed by atoms with Gasteiger partial charge in [0.15, 0.2) is 0 Å². The van der Waals surface area contributed by atoms with Gasteiger partial charge in [0, 0.05) is 6.54 Å². The van der Waals surface area contributed by atoms with Crippen LogP contribution in [0.25, 0.3) is 0 Å². The lowest BCUT2D eigenvalue weighted by Gasteiger charge is -2.36. The molecule has 0 aromatic rings. The highest BCUT2D eigenvalue weighted by molar-refractivity contribution is 5.82. The van der Waals surface area contributed by atoms with E-state index in [4.69, 9.17) is 5.73 Å². The van der Waals surface area contributed by atoms with Crippen molar-refractivity contribution in [3.05, 3.63) is 0 Å². The summed E-state index contributed by atoms with van der Waals surface area (Å²) >= 11 is 0. The van der Waals surface area contributed by atoms with E-state index in [1.165, 1.54) is 7.11 Å². The lowest BCUT2D eigenvalue weighted by Crippen LogP contribution is -2.47. The third kappa shape index (κ3) is 2.25. The van der Waals surface area contributed by atoms with Gasteiger partial charge < -0.3 is 5.73 Å². The maximum Gasteiger partial charge on any atom is 0.251 e. The molecule has 4 nitrogen and oxygen atoms in total. The van der Waals surface area contributed by atoms with Gasteiger partial charge in [-0.2, -0.15) is 0 Å². The lowest BCUT2D eigenvalue weighted by atomic mass is 9.70. The molecule has 1 amide bonds. The van der Waals surface area contributed by atoms with E-state index >= 15 is 0 Å². The van der Waals surface area contributed by atoms with Crippen LogP contribution in [0.2, 0.25) is 0 Å². The number of carbonyl (C=O) groups is 1. The van der Waals surface area contributed by atoms with Gasteiger partial charge in [-0.05, 0) is 31.6 Å². The van der Waals surface area contributed by atoms with Gasteiger partial charge in [-0.25, -0.2) is 5.48 Å². The van der Waals surface area contributed by atoms with Crippen LogP contribution in [0, 0.1) is 11.3 Å². The molecule has 4 heteroatoms. The fourth-order valence-corrected chi connectivity index (χ4v) is 2.04. The largest absolute Gasteiger partial charge is 0.329 e. The van der Waals surface area contributed by atoms with E-state index in [9.17, 15) is 4.79 Å². The summed E-state index contributed by atoms with van der Waals surface area (Å²) in [5, 5.41) is 0. The molecular weight excluding hydrogens is 180 g/mol. The number of amides is 1. The monoisotopic (exact) mass is 200 g/mol. The van der Waals surface area contributed by atoms with Crippen molar-refractivity contribution < 1.29 is 9.63 Å². The van der Waals surface area contributed by atoms with Gasteiger partial charge in [0.05, 0.1) is 12.5 Å². The Kier molecular flexibility index (Phi) is 3.89. The molecule has 1 saturated carbocycles. The van der Waals surface area contributed by atoms with Crippen molar-refractivity contribution in [1.29, 1.82) is 0 Å². The van der Waals surface area contributed by atoms with Crippen LogP contribution in [0.15, 0.2) is 0 Å². The zero-order valence-electron chi connectivity index (χ0n) is 9.01. The summed E-state index contributed by atoms with van der Waals surface area (Å²) in [6, 6.07) is 0. The minimum absolute atomic E-state index is 0.0607. The van der Waals surface area contributed by atoms with Gasteiger partial charge in [-0.15, -0.1) is 0 Å². The summed E-state index contributed by atoms with van der Waals surface area (Å²) in [5.74, 6) is 0.652. The van der Waals surface area contributed by atoms with Gasteiger partial charge >= 0.3 is 0 Å². The van der Waals surface area contributed by atoms with Crippen LogP contribution >= 0.6 is 0 Å². The van der Waals surface area contributed by atoms with E-state index in [0.717, 1.165) is 25.7 Å². The van der Waals surface area contributed by atoms with Crippen molar-refractivity contribution in [3.63, 3.8) is 0 Å². The third-order valence-electron chi connectivity index (χ3n) is 3.30. The Morgan fingerprint density at radius 1 is 1.57 bits per heavy atom. The molecule has 0 spiro atoms. The highest BCUT2D eigenvalue weighted by Gasteiger charge is 2.39. The molecule has 0 bridgehead atoms. The van der Waals surface area contributed by atoms with Crippen molar-refractivity contribution in [2.24, 2.45) is 17.1 Å². The van der Waals surface area contributed by atoms with Gasteiger partial charge in [0.25, 0.3) is 5.91 Å². The van der Waals surface area contributed by atoms with Crippen LogP contribution in [-0.2, 0) is 9.63 Å². The summed E-state index contributed by atoms with van der Waals surface area (Å²) < 4.78 is 0. The summed E-state index contributed by atoms with van der Waals surface area (Å²) in [4.78, 5) is 16.4. The first kappa shape index (κ1) is 11.5. The maximum absolute atomic E-state index is 11.7. The molecule has 0 aliphatic heterocycles. The topological polar surface area (TPSA) is 64.3 Å². The van der Waals surface area contributed by atoms with Crippen molar-refractivity contribution in [3.8, 4) is 0 Å². The molecule has 14 heavy (non-hydrogen) atoms. The van der Waals surface area contributed by atoms with Gasteiger partial charge in [-0.3, -0.25) is 9.63 Å². The molecule has 82 valence electrons. The van der Waals surface area contributed by atoms with Crippen molar-refractivity contribution in [2.45, 2.75) is 32.6 Å². The average Bonchev–Trinajstić information content (AvgIpc) is 2.20. The summed E-state index contributed by atoms with van der Waals surface area (Å²) in [7, 11) is 1.45. The van der Waals surface area contributed by atoms with E-state index in [1.807, 2.05) is 0 Å². The fourth-order valence-electron chi connectivity index (χ4n) is 2.04. The Balaban J connectivity index is 2.62. The van der Waals surface area contributed by atoms with Gasteiger partial charge in [-0.1, -0.05) is 6.92 Å². The molecule has 0 radical (unpaired) electrons. The Labute approximate surface area is 85.1 Å². The fraction of sp³-hybridized carbons (Fsp3) is 0.900. The zero-order chi connectivity index (χ0) is 10.6. The highest BCUT2D eigenvalue weighted by atomic mass is 16.6. The molecule has 0 saturated heterocycles. The first-order valence-corrected chi connectivity index (χ1v) is 5.18. The van der Waals surface area contributed by atoms with Crippen LogP contribution in [0.4, 0.5) is 0 Å². The summed E-state index contributed by atoms with van der Waals surface area (Å²) in [6.45, 7) is 2.63. The van der Waals surface area contributed by atoms with E-state index in [0.29, 0.717) is 12.5 Å². The molecule has 1 aliphatic carbocycles. The Morgan fingerprint density at radius 2 is 2.14 bits per heavy atom. The second-order valence-corrected chi connectivity index (χ2v) is 4.30. The minimum Gasteiger partial charge on any atom is -0.329 e. The molecule has 3 N–H and O–H groups in total. The maximum atomic E-state index is 11.7. The molecule has 0 aromatic carbocycles. The van der Waals surface area contributed by atoms with E-state index in [2.05, 4.69) is 17.2 Å². The number of rotatable bonds is 3. The van der Waals surface area contributed by atoms with Crippen molar-refractivity contribution >= 4 is 5.91 Å². The second kappa shape index (κ2) is 4.75. The molecule has 0 heterocycles. The van der Waals surface area contributed by atoms with Crippen LogP contribution in [-0.4, -0.2) is 19.6 Å². The van der Waals surface area contributed by atoms with E-state index in [-0.39, 0.29) is 11.3 Å². The predicted molar refractivity (Wildman–Crippen MR) is 54.3 cm³/mol. The van der Waals surface area contributed by atoms with Crippen LogP contribution in [0.5, 0.6) is 0 Å². The smallest absolute Gasteiger partial charge is 0.251 e. The molecule has 0 unspecified atom stereocenters. The highest BCUT2D eigenvalue weighted by Crippen LogP contribution is 2.38. The number of nitrogens with two attached hydrogens (primary N) is 1. The average molecular weight is 200 g/mol. The minimum atomic E-state index is -0.386. The quantitative estimate of drug-likeness (QED) is 0.663. The Morgan fingerprint density at radius 3 is 2.57 bits per heavy atom. The molecule has 1 aliphatic rings. The predicted octanol–water partition coefficient (Wildman–Crippen LogP) is 0.819. The zero-order valence-corrected chi connectivity index (χ0v) is 9.01. The second-order valence-electron chi connectivity index (χ2n) is 4.30. The Bertz CT molecular complexity index is 198. The van der Waals surface area contributed by atoms with Gasteiger partial charge in [0.1, 0.15) is 0 Å². The number of hydrogen-bond donors (Lipinski definition) is 2. The normalized spacial score (nSPS) is 32.6.